The molecule has 0 heterocycles. The molecule has 0 bridgehead atoms. The molecule has 8 nitrogen and oxygen atoms in total. The van der Waals surface area contributed by atoms with Gasteiger partial charge in [-0.05, 0) is 12.1 Å². The maximum atomic E-state index is 13.0. The van der Waals surface area contributed by atoms with Crippen LogP contribution >= 0.6 is 0 Å². The van der Waals surface area contributed by atoms with Crippen molar-refractivity contribution in [3.8, 4) is 0 Å². The molecule has 0 saturated carbocycles. The minimum Gasteiger partial charge on any atom is -0.468 e. The van der Waals surface area contributed by atoms with Crippen LogP contribution in [0.4, 0.5) is 0 Å². The molecule has 0 unspecified atom stereocenters. The van der Waals surface area contributed by atoms with Crippen molar-refractivity contribution in [1.82, 2.24) is 0 Å². The van der Waals surface area contributed by atoms with Gasteiger partial charge in [-0.15, -0.1) is 5.73 Å². The number of esters is 3. The number of methoxy groups -OCH3 is 3. The summed E-state index contributed by atoms with van der Waals surface area (Å²) in [5.41, 5.74) is -0.170. The van der Waals surface area contributed by atoms with Crippen LogP contribution in [0.1, 0.15) is 12.8 Å². The van der Waals surface area contributed by atoms with Crippen LogP contribution in [0, 0.1) is 5.41 Å². The Bertz CT molecular complexity index is 937. The Kier molecular flexibility index (Phi) is 8.12. The molecule has 0 atom stereocenters. The van der Waals surface area contributed by atoms with Crippen molar-refractivity contribution >= 4 is 27.7 Å². The average molecular weight is 422 g/mol. The van der Waals surface area contributed by atoms with E-state index in [1.165, 1.54) is 24.3 Å². The Labute approximate surface area is 169 Å². The predicted molar refractivity (Wildman–Crippen MR) is 103 cm³/mol. The number of carbonyl (C=O) groups is 3. The molecule has 1 aromatic rings. The standard InChI is InChI=1S/C20H22O8S/c1-6-15(29(24,25)16-10-8-7-9-11-16)13-20(18(22)27-4,19(23)28-5)12-14(2)17(21)26-3/h7-11H,1-2,12-13H2,3-5H3. The molecule has 0 aliphatic rings. The molecular formula is C20H22O8S. The van der Waals surface area contributed by atoms with E-state index in [0.29, 0.717) is 0 Å². The van der Waals surface area contributed by atoms with Crippen LogP contribution in [0.15, 0.2) is 64.6 Å². The van der Waals surface area contributed by atoms with Crippen LogP contribution in [0.25, 0.3) is 0 Å². The molecule has 9 heteroatoms. The number of hydrogen-bond donors (Lipinski definition) is 0. The molecule has 0 spiro atoms. The summed E-state index contributed by atoms with van der Waals surface area (Å²) in [5.74, 6) is -3.09. The lowest BCUT2D eigenvalue weighted by Crippen LogP contribution is -2.43. The topological polar surface area (TPSA) is 113 Å². The minimum atomic E-state index is -4.15. The zero-order valence-corrected chi connectivity index (χ0v) is 17.2. The first kappa shape index (κ1) is 23.9. The molecule has 0 fully saturated rings. The second-order valence-electron chi connectivity index (χ2n) is 5.93. The van der Waals surface area contributed by atoms with Crippen LogP contribution in [-0.4, -0.2) is 47.7 Å². The van der Waals surface area contributed by atoms with Crippen LogP contribution in [0.5, 0.6) is 0 Å². The lowest BCUT2D eigenvalue weighted by molar-refractivity contribution is -0.169. The van der Waals surface area contributed by atoms with Gasteiger partial charge in [0.05, 0.1) is 31.1 Å². The fourth-order valence-electron chi connectivity index (χ4n) is 2.67. The highest BCUT2D eigenvalue weighted by atomic mass is 32.2. The average Bonchev–Trinajstić information content (AvgIpc) is 2.74. The number of carbonyl (C=O) groups excluding carboxylic acids is 3. The molecule has 1 aromatic carbocycles. The van der Waals surface area contributed by atoms with E-state index in [2.05, 4.69) is 23.6 Å². The summed E-state index contributed by atoms with van der Waals surface area (Å²) in [6, 6.07) is 7.35. The smallest absolute Gasteiger partial charge is 0.333 e. The molecule has 0 N–H and O–H groups in total. The summed E-state index contributed by atoms with van der Waals surface area (Å²) in [7, 11) is -1.01. The predicted octanol–water partition coefficient (Wildman–Crippen LogP) is 1.97. The molecule has 156 valence electrons. The molecule has 0 radical (unpaired) electrons. The summed E-state index contributed by atoms with van der Waals surface area (Å²) in [4.78, 5) is 36.5. The number of allylic oxidation sites excluding steroid dienone is 1. The van der Waals surface area contributed by atoms with E-state index in [9.17, 15) is 22.8 Å². The first-order valence-electron chi connectivity index (χ1n) is 8.22. The van der Waals surface area contributed by atoms with Crippen LogP contribution in [-0.2, 0) is 38.4 Å². The number of rotatable bonds is 9. The lowest BCUT2D eigenvalue weighted by Gasteiger charge is -2.28. The normalized spacial score (nSPS) is 11.0. The van der Waals surface area contributed by atoms with E-state index >= 15 is 0 Å². The molecule has 0 saturated heterocycles. The van der Waals surface area contributed by atoms with Gasteiger partial charge < -0.3 is 14.2 Å². The Balaban J connectivity index is 3.58. The van der Waals surface area contributed by atoms with Crippen molar-refractivity contribution in [3.05, 3.63) is 59.7 Å². The van der Waals surface area contributed by atoms with E-state index in [1.54, 1.807) is 6.07 Å². The highest BCUT2D eigenvalue weighted by molar-refractivity contribution is 7.95. The quantitative estimate of drug-likeness (QED) is 0.195. The zero-order chi connectivity index (χ0) is 22.2. The Morgan fingerprint density at radius 1 is 0.966 bits per heavy atom. The monoisotopic (exact) mass is 422 g/mol. The van der Waals surface area contributed by atoms with Gasteiger partial charge in [-0.3, -0.25) is 9.59 Å². The van der Waals surface area contributed by atoms with Gasteiger partial charge in [0.1, 0.15) is 0 Å². The Morgan fingerprint density at radius 2 is 1.48 bits per heavy atom. The van der Waals surface area contributed by atoms with Crippen LogP contribution in [0.2, 0.25) is 0 Å². The first-order chi connectivity index (χ1) is 13.6. The molecule has 0 amide bonds. The zero-order valence-electron chi connectivity index (χ0n) is 16.4. The molecular weight excluding hydrogens is 400 g/mol. The van der Waals surface area contributed by atoms with Gasteiger partial charge in [0, 0.05) is 18.4 Å². The Hall–Kier alpha value is -3.16. The number of sulfone groups is 1. The first-order valence-corrected chi connectivity index (χ1v) is 9.71. The van der Waals surface area contributed by atoms with Gasteiger partial charge in [0.25, 0.3) is 0 Å². The summed E-state index contributed by atoms with van der Waals surface area (Å²) < 4.78 is 40.0. The summed E-state index contributed by atoms with van der Waals surface area (Å²) >= 11 is 0. The third-order valence-corrected chi connectivity index (χ3v) is 6.01. The van der Waals surface area contributed by atoms with Gasteiger partial charge in [0.15, 0.2) is 5.41 Å². The summed E-state index contributed by atoms with van der Waals surface area (Å²) in [6.45, 7) is 6.89. The second-order valence-corrected chi connectivity index (χ2v) is 7.90. The van der Waals surface area contributed by atoms with Gasteiger partial charge in [0.2, 0.25) is 9.84 Å². The fourth-order valence-corrected chi connectivity index (χ4v) is 4.10. The third kappa shape index (κ3) is 5.01. The largest absolute Gasteiger partial charge is 0.468 e. The second kappa shape index (κ2) is 9.86. The third-order valence-electron chi connectivity index (χ3n) is 4.18. The number of benzene rings is 1. The van der Waals surface area contributed by atoms with Gasteiger partial charge in [-0.25, -0.2) is 13.2 Å². The molecule has 0 aliphatic heterocycles. The SMILES string of the molecule is C=C=C(CC(CC(=C)C(=O)OC)(C(=O)OC)C(=O)OC)S(=O)(=O)c1ccccc1. The highest BCUT2D eigenvalue weighted by Crippen LogP contribution is 2.39. The van der Waals surface area contributed by atoms with Crippen molar-refractivity contribution in [1.29, 1.82) is 0 Å². The molecule has 0 aliphatic carbocycles. The lowest BCUT2D eigenvalue weighted by atomic mass is 9.78. The summed E-state index contributed by atoms with van der Waals surface area (Å²) in [5, 5.41) is 0. The maximum Gasteiger partial charge on any atom is 0.333 e. The van der Waals surface area contributed by atoms with Crippen molar-refractivity contribution < 1.29 is 37.0 Å². The number of ether oxygens (including phenoxy) is 3. The van der Waals surface area contributed by atoms with E-state index in [4.69, 9.17) is 9.47 Å². The van der Waals surface area contributed by atoms with E-state index < -0.39 is 50.9 Å². The number of hydrogen-bond acceptors (Lipinski definition) is 8. The molecule has 1 rings (SSSR count). The van der Waals surface area contributed by atoms with Gasteiger partial charge >= 0.3 is 17.9 Å². The Morgan fingerprint density at radius 3 is 1.90 bits per heavy atom. The molecule has 29 heavy (non-hydrogen) atoms. The van der Waals surface area contributed by atoms with Crippen molar-refractivity contribution in [2.75, 3.05) is 21.3 Å². The van der Waals surface area contributed by atoms with Gasteiger partial charge in [-0.1, -0.05) is 31.4 Å². The summed E-state index contributed by atoms with van der Waals surface area (Å²) in [6.07, 6.45) is -1.29. The van der Waals surface area contributed by atoms with Crippen molar-refractivity contribution in [2.45, 2.75) is 17.7 Å². The van der Waals surface area contributed by atoms with Crippen molar-refractivity contribution in [2.24, 2.45) is 5.41 Å². The van der Waals surface area contributed by atoms with Crippen LogP contribution < -0.4 is 0 Å². The van der Waals surface area contributed by atoms with E-state index in [1.807, 2.05) is 0 Å². The minimum absolute atomic E-state index is 0.0819. The van der Waals surface area contributed by atoms with E-state index in [0.717, 1.165) is 21.3 Å². The molecule has 0 aromatic heterocycles. The maximum absolute atomic E-state index is 13.0. The fraction of sp³-hybridized carbons (Fsp3) is 0.300. The van der Waals surface area contributed by atoms with Crippen molar-refractivity contribution in [3.63, 3.8) is 0 Å². The highest BCUT2D eigenvalue weighted by Gasteiger charge is 2.51. The van der Waals surface area contributed by atoms with Crippen LogP contribution in [0.3, 0.4) is 0 Å². The van der Waals surface area contributed by atoms with Gasteiger partial charge in [-0.2, -0.15) is 0 Å². The van der Waals surface area contributed by atoms with E-state index in [-0.39, 0.29) is 10.5 Å².